The van der Waals surface area contributed by atoms with Crippen LogP contribution in [0.25, 0.3) is 0 Å². The highest BCUT2D eigenvalue weighted by Crippen LogP contribution is 2.21. The van der Waals surface area contributed by atoms with Crippen LogP contribution in [0.4, 0.5) is 0 Å². The average Bonchev–Trinajstić information content (AvgIpc) is 2.76. The van der Waals surface area contributed by atoms with Crippen molar-refractivity contribution in [3.8, 4) is 0 Å². The van der Waals surface area contributed by atoms with Crippen molar-refractivity contribution in [1.29, 1.82) is 0 Å². The Morgan fingerprint density at radius 1 is 1.24 bits per heavy atom. The molecule has 0 bridgehead atoms. The lowest BCUT2D eigenvalue weighted by atomic mass is 9.85. The summed E-state index contributed by atoms with van der Waals surface area (Å²) in [6, 6.07) is 0.331. The highest BCUT2D eigenvalue weighted by atomic mass is 16.5. The average molecular weight is 242 g/mol. The fourth-order valence-electron chi connectivity index (χ4n) is 2.82. The third-order valence-corrected chi connectivity index (χ3v) is 4.00. The van der Waals surface area contributed by atoms with E-state index < -0.39 is 0 Å². The topological polar surface area (TPSA) is 47.3 Å². The van der Waals surface area contributed by atoms with Crippen LogP contribution in [0.15, 0.2) is 0 Å². The van der Waals surface area contributed by atoms with Gasteiger partial charge in [0.1, 0.15) is 0 Å². The first-order valence-electron chi connectivity index (χ1n) is 7.11. The number of hydrogen-bond donors (Lipinski definition) is 2. The van der Waals surface area contributed by atoms with Crippen molar-refractivity contribution >= 4 is 0 Å². The zero-order chi connectivity index (χ0) is 12.8. The largest absolute Gasteiger partial charge is 0.377 e. The minimum Gasteiger partial charge on any atom is -0.377 e. The summed E-state index contributed by atoms with van der Waals surface area (Å²) < 4.78 is 5.72. The molecule has 2 unspecified atom stereocenters. The predicted molar refractivity (Wildman–Crippen MR) is 73.0 cm³/mol. The van der Waals surface area contributed by atoms with Crippen LogP contribution in [0.5, 0.6) is 0 Å². The Hall–Kier alpha value is -0.120. The lowest BCUT2D eigenvalue weighted by Gasteiger charge is -2.29. The van der Waals surface area contributed by atoms with Crippen molar-refractivity contribution in [2.24, 2.45) is 23.5 Å². The molecule has 1 aliphatic heterocycles. The monoisotopic (exact) mass is 242 g/mol. The minimum atomic E-state index is 0.331. The first-order chi connectivity index (χ1) is 8.06. The second-order valence-electron chi connectivity index (χ2n) is 5.95. The number of nitrogens with one attached hydrogen (secondary N) is 1. The van der Waals surface area contributed by atoms with E-state index in [9.17, 15) is 0 Å². The molecule has 1 rings (SSSR count). The Morgan fingerprint density at radius 3 is 2.29 bits per heavy atom. The van der Waals surface area contributed by atoms with Gasteiger partial charge in [-0.05, 0) is 37.1 Å². The molecule has 1 saturated heterocycles. The molecule has 0 aromatic rings. The van der Waals surface area contributed by atoms with Crippen molar-refractivity contribution in [3.05, 3.63) is 0 Å². The number of rotatable bonds is 7. The van der Waals surface area contributed by atoms with Crippen LogP contribution in [0, 0.1) is 17.8 Å². The molecule has 17 heavy (non-hydrogen) atoms. The van der Waals surface area contributed by atoms with Crippen LogP contribution in [0.2, 0.25) is 0 Å². The summed E-state index contributed by atoms with van der Waals surface area (Å²) in [5, 5.41) is 3.62. The normalized spacial score (nSPS) is 22.9. The molecule has 3 N–H and O–H groups in total. The molecular weight excluding hydrogens is 212 g/mol. The molecule has 0 radical (unpaired) electrons. The zero-order valence-electron chi connectivity index (χ0n) is 11.9. The van der Waals surface area contributed by atoms with Gasteiger partial charge in [0.25, 0.3) is 0 Å². The van der Waals surface area contributed by atoms with Crippen LogP contribution in [0.3, 0.4) is 0 Å². The van der Waals surface area contributed by atoms with E-state index in [1.165, 1.54) is 6.42 Å². The predicted octanol–water partition coefficient (Wildman–Crippen LogP) is 2.01. The minimum absolute atomic E-state index is 0.331. The summed E-state index contributed by atoms with van der Waals surface area (Å²) in [6.07, 6.45) is 2.67. The molecule has 1 heterocycles. The van der Waals surface area contributed by atoms with Crippen LogP contribution >= 0.6 is 0 Å². The van der Waals surface area contributed by atoms with Gasteiger partial charge in [0.05, 0.1) is 6.10 Å². The van der Waals surface area contributed by atoms with Crippen LogP contribution in [-0.2, 0) is 4.74 Å². The highest BCUT2D eigenvalue weighted by Gasteiger charge is 2.26. The van der Waals surface area contributed by atoms with E-state index in [-0.39, 0.29) is 0 Å². The van der Waals surface area contributed by atoms with E-state index in [1.807, 2.05) is 0 Å². The SMILES string of the molecule is CC(C)C(CNC(CN)C1CCCO1)C(C)C. The molecule has 2 atom stereocenters. The summed E-state index contributed by atoms with van der Waals surface area (Å²) in [7, 11) is 0. The van der Waals surface area contributed by atoms with E-state index in [0.717, 1.165) is 19.6 Å². The van der Waals surface area contributed by atoms with Crippen LogP contribution < -0.4 is 11.1 Å². The Balaban J connectivity index is 2.39. The maximum Gasteiger partial charge on any atom is 0.0741 e. The summed E-state index contributed by atoms with van der Waals surface area (Å²) in [5.41, 5.74) is 5.85. The molecule has 1 fully saturated rings. The van der Waals surface area contributed by atoms with Crippen molar-refractivity contribution < 1.29 is 4.74 Å². The fraction of sp³-hybridized carbons (Fsp3) is 1.00. The Bertz CT molecular complexity index is 192. The first-order valence-corrected chi connectivity index (χ1v) is 7.11. The van der Waals surface area contributed by atoms with E-state index >= 15 is 0 Å². The molecule has 0 saturated carbocycles. The second kappa shape index (κ2) is 7.34. The van der Waals surface area contributed by atoms with Crippen LogP contribution in [0.1, 0.15) is 40.5 Å². The molecule has 3 nitrogen and oxygen atoms in total. The quantitative estimate of drug-likeness (QED) is 0.718. The molecule has 0 spiro atoms. The van der Waals surface area contributed by atoms with Gasteiger partial charge in [-0.1, -0.05) is 27.7 Å². The Kier molecular flexibility index (Phi) is 6.45. The van der Waals surface area contributed by atoms with E-state index in [1.54, 1.807) is 0 Å². The highest BCUT2D eigenvalue weighted by molar-refractivity contribution is 4.83. The molecule has 0 aliphatic carbocycles. The summed E-state index contributed by atoms with van der Waals surface area (Å²) >= 11 is 0. The Morgan fingerprint density at radius 2 is 1.88 bits per heavy atom. The van der Waals surface area contributed by atoms with Gasteiger partial charge >= 0.3 is 0 Å². The lowest BCUT2D eigenvalue weighted by molar-refractivity contribution is 0.0769. The van der Waals surface area contributed by atoms with Crippen molar-refractivity contribution in [3.63, 3.8) is 0 Å². The fourth-order valence-corrected chi connectivity index (χ4v) is 2.82. The van der Waals surface area contributed by atoms with Gasteiger partial charge in [0.15, 0.2) is 0 Å². The molecule has 1 aliphatic rings. The smallest absolute Gasteiger partial charge is 0.0741 e. The van der Waals surface area contributed by atoms with E-state index in [4.69, 9.17) is 10.5 Å². The van der Waals surface area contributed by atoms with Gasteiger partial charge in [-0.25, -0.2) is 0 Å². The third kappa shape index (κ3) is 4.57. The van der Waals surface area contributed by atoms with Gasteiger partial charge in [0.2, 0.25) is 0 Å². The first kappa shape index (κ1) is 14.9. The molecule has 0 aromatic carbocycles. The molecule has 102 valence electrons. The van der Waals surface area contributed by atoms with Gasteiger partial charge in [-0.15, -0.1) is 0 Å². The maximum atomic E-state index is 5.85. The lowest BCUT2D eigenvalue weighted by Crippen LogP contribution is -2.47. The molecule has 3 heteroatoms. The van der Waals surface area contributed by atoms with E-state index in [2.05, 4.69) is 33.0 Å². The van der Waals surface area contributed by atoms with Crippen molar-refractivity contribution in [2.45, 2.75) is 52.7 Å². The molecule has 0 amide bonds. The van der Waals surface area contributed by atoms with Crippen LogP contribution in [-0.4, -0.2) is 31.8 Å². The van der Waals surface area contributed by atoms with Gasteiger partial charge in [0, 0.05) is 19.2 Å². The standard InChI is InChI=1S/C14H30N2O/c1-10(2)12(11(3)4)9-16-13(8-15)14-6-5-7-17-14/h10-14,16H,5-9,15H2,1-4H3. The summed E-state index contributed by atoms with van der Waals surface area (Å²) in [5.74, 6) is 2.14. The van der Waals surface area contributed by atoms with Gasteiger partial charge < -0.3 is 15.8 Å². The summed E-state index contributed by atoms with van der Waals surface area (Å²) in [6.45, 7) is 11.8. The third-order valence-electron chi connectivity index (χ3n) is 4.00. The number of hydrogen-bond acceptors (Lipinski definition) is 3. The molecular formula is C14H30N2O. The summed E-state index contributed by atoms with van der Waals surface area (Å²) in [4.78, 5) is 0. The van der Waals surface area contributed by atoms with Crippen molar-refractivity contribution in [1.82, 2.24) is 5.32 Å². The Labute approximate surface area is 106 Å². The number of ether oxygens (including phenoxy) is 1. The van der Waals surface area contributed by atoms with Gasteiger partial charge in [-0.2, -0.15) is 0 Å². The number of nitrogens with two attached hydrogens (primary N) is 1. The van der Waals surface area contributed by atoms with E-state index in [0.29, 0.717) is 36.4 Å². The zero-order valence-corrected chi connectivity index (χ0v) is 11.9. The van der Waals surface area contributed by atoms with Crippen molar-refractivity contribution in [2.75, 3.05) is 19.7 Å². The van der Waals surface area contributed by atoms with Gasteiger partial charge in [-0.3, -0.25) is 0 Å². The second-order valence-corrected chi connectivity index (χ2v) is 5.95. The maximum absolute atomic E-state index is 5.85. The molecule has 0 aromatic heterocycles.